The molecule has 84 valence electrons. The molecule has 0 aliphatic rings. The van der Waals surface area contributed by atoms with Crippen molar-refractivity contribution in [2.24, 2.45) is 0 Å². The van der Waals surface area contributed by atoms with E-state index in [1.807, 2.05) is 25.4 Å². The van der Waals surface area contributed by atoms with Crippen LogP contribution in [0, 0.1) is 6.92 Å². The molecule has 1 atom stereocenters. The summed E-state index contributed by atoms with van der Waals surface area (Å²) in [4.78, 5) is 9.60. The highest BCUT2D eigenvalue weighted by atomic mass is 79.9. The molecule has 5 heteroatoms. The lowest BCUT2D eigenvalue weighted by Gasteiger charge is -2.12. The molecule has 0 saturated heterocycles. The molecule has 0 amide bonds. The highest BCUT2D eigenvalue weighted by Crippen LogP contribution is 2.24. The highest BCUT2D eigenvalue weighted by molar-refractivity contribution is 9.10. The first-order chi connectivity index (χ1) is 7.65. The largest absolute Gasteiger partial charge is 0.376 e. The number of rotatable bonds is 3. The van der Waals surface area contributed by atoms with Gasteiger partial charge in [-0.15, -0.1) is 11.3 Å². The fourth-order valence-electron chi connectivity index (χ4n) is 1.39. The summed E-state index contributed by atoms with van der Waals surface area (Å²) in [6, 6.07) is 2.26. The van der Waals surface area contributed by atoms with Gasteiger partial charge >= 0.3 is 0 Å². The van der Waals surface area contributed by atoms with Gasteiger partial charge in [0.05, 0.1) is 22.9 Å². The summed E-state index contributed by atoms with van der Waals surface area (Å²) in [5.41, 5.74) is 1.01. The third-order valence-electron chi connectivity index (χ3n) is 2.15. The number of aryl methyl sites for hydroxylation is 1. The predicted molar refractivity (Wildman–Crippen MR) is 70.8 cm³/mol. The first-order valence-corrected chi connectivity index (χ1v) is 6.55. The van der Waals surface area contributed by atoms with Crippen LogP contribution in [0.4, 0.5) is 5.69 Å². The number of nitrogens with zero attached hydrogens (tertiary/aromatic N) is 2. The molecule has 16 heavy (non-hydrogen) atoms. The fourth-order valence-corrected chi connectivity index (χ4v) is 2.54. The van der Waals surface area contributed by atoms with E-state index >= 15 is 0 Å². The molecule has 1 N–H and O–H groups in total. The van der Waals surface area contributed by atoms with Crippen LogP contribution >= 0.6 is 27.3 Å². The van der Waals surface area contributed by atoms with Crippen molar-refractivity contribution in [1.82, 2.24) is 9.97 Å². The number of anilines is 1. The normalized spacial score (nSPS) is 12.4. The Hall–Kier alpha value is -0.940. The SMILES string of the molecule is Cc1ncc(C(C)Nc2cncc(Br)c2)s1. The summed E-state index contributed by atoms with van der Waals surface area (Å²) in [6.07, 6.45) is 5.50. The Morgan fingerprint density at radius 3 is 2.81 bits per heavy atom. The summed E-state index contributed by atoms with van der Waals surface area (Å²) < 4.78 is 0.977. The maximum Gasteiger partial charge on any atom is 0.0897 e. The smallest absolute Gasteiger partial charge is 0.0897 e. The van der Waals surface area contributed by atoms with Gasteiger partial charge in [-0.25, -0.2) is 4.98 Å². The zero-order valence-electron chi connectivity index (χ0n) is 9.07. The minimum absolute atomic E-state index is 0.252. The van der Waals surface area contributed by atoms with Gasteiger partial charge < -0.3 is 5.32 Å². The Balaban J connectivity index is 2.10. The Morgan fingerprint density at radius 1 is 1.38 bits per heavy atom. The van der Waals surface area contributed by atoms with E-state index in [0.29, 0.717) is 0 Å². The maximum atomic E-state index is 4.25. The van der Waals surface area contributed by atoms with Crippen LogP contribution in [0.2, 0.25) is 0 Å². The molecule has 0 aliphatic carbocycles. The van der Waals surface area contributed by atoms with E-state index in [2.05, 4.69) is 38.1 Å². The van der Waals surface area contributed by atoms with Crippen molar-refractivity contribution in [3.63, 3.8) is 0 Å². The summed E-state index contributed by atoms with van der Waals surface area (Å²) in [6.45, 7) is 4.13. The van der Waals surface area contributed by atoms with Crippen LogP contribution in [-0.4, -0.2) is 9.97 Å². The first kappa shape index (κ1) is 11.5. The van der Waals surface area contributed by atoms with E-state index in [-0.39, 0.29) is 6.04 Å². The third kappa shape index (κ3) is 2.80. The Labute approximate surface area is 107 Å². The van der Waals surface area contributed by atoms with Gasteiger partial charge in [-0.05, 0) is 35.8 Å². The van der Waals surface area contributed by atoms with Gasteiger partial charge in [0.1, 0.15) is 0 Å². The van der Waals surface area contributed by atoms with Crippen molar-refractivity contribution in [1.29, 1.82) is 0 Å². The lowest BCUT2D eigenvalue weighted by Crippen LogP contribution is -2.04. The summed E-state index contributed by atoms with van der Waals surface area (Å²) in [5.74, 6) is 0. The van der Waals surface area contributed by atoms with Gasteiger partial charge in [-0.3, -0.25) is 4.98 Å². The molecule has 0 spiro atoms. The fraction of sp³-hybridized carbons (Fsp3) is 0.273. The molecule has 0 aromatic carbocycles. The second-order valence-electron chi connectivity index (χ2n) is 3.54. The number of pyridine rings is 1. The van der Waals surface area contributed by atoms with Crippen LogP contribution in [0.3, 0.4) is 0 Å². The molecular formula is C11H12BrN3S. The number of aromatic nitrogens is 2. The zero-order chi connectivity index (χ0) is 11.5. The standard InChI is InChI=1S/C11H12BrN3S/c1-7(11-6-14-8(2)16-11)15-10-3-9(12)4-13-5-10/h3-7,15H,1-2H3. The van der Waals surface area contributed by atoms with Gasteiger partial charge in [0.2, 0.25) is 0 Å². The topological polar surface area (TPSA) is 37.8 Å². The number of hydrogen-bond donors (Lipinski definition) is 1. The van der Waals surface area contributed by atoms with Crippen molar-refractivity contribution in [2.45, 2.75) is 19.9 Å². The molecule has 2 rings (SSSR count). The molecule has 0 fully saturated rings. The highest BCUT2D eigenvalue weighted by Gasteiger charge is 2.08. The van der Waals surface area contributed by atoms with E-state index in [0.717, 1.165) is 15.2 Å². The zero-order valence-corrected chi connectivity index (χ0v) is 11.5. The van der Waals surface area contributed by atoms with Crippen molar-refractivity contribution in [3.05, 3.63) is 39.0 Å². The van der Waals surface area contributed by atoms with E-state index in [4.69, 9.17) is 0 Å². The quantitative estimate of drug-likeness (QED) is 0.937. The Kier molecular flexibility index (Phi) is 3.56. The van der Waals surface area contributed by atoms with E-state index in [1.165, 1.54) is 4.88 Å². The lowest BCUT2D eigenvalue weighted by atomic mass is 10.3. The monoisotopic (exact) mass is 297 g/mol. The second-order valence-corrected chi connectivity index (χ2v) is 5.72. The predicted octanol–water partition coefficient (Wildman–Crippen LogP) is 3.78. The molecule has 2 aromatic rings. The van der Waals surface area contributed by atoms with Crippen molar-refractivity contribution < 1.29 is 0 Å². The molecule has 0 bridgehead atoms. The van der Waals surface area contributed by atoms with Crippen LogP contribution in [0.5, 0.6) is 0 Å². The van der Waals surface area contributed by atoms with Crippen molar-refractivity contribution in [3.8, 4) is 0 Å². The summed E-state index contributed by atoms with van der Waals surface area (Å²) in [7, 11) is 0. The number of halogens is 1. The minimum atomic E-state index is 0.252. The summed E-state index contributed by atoms with van der Waals surface area (Å²) in [5, 5.41) is 4.48. The molecular weight excluding hydrogens is 286 g/mol. The molecule has 2 aromatic heterocycles. The molecule has 2 heterocycles. The lowest BCUT2D eigenvalue weighted by molar-refractivity contribution is 0.901. The van der Waals surface area contributed by atoms with Gasteiger partial charge in [-0.2, -0.15) is 0 Å². The molecule has 0 radical (unpaired) electrons. The van der Waals surface area contributed by atoms with Crippen LogP contribution < -0.4 is 5.32 Å². The molecule has 0 saturated carbocycles. The van der Waals surface area contributed by atoms with Crippen LogP contribution in [0.25, 0.3) is 0 Å². The Morgan fingerprint density at radius 2 is 2.19 bits per heavy atom. The van der Waals surface area contributed by atoms with E-state index in [9.17, 15) is 0 Å². The van der Waals surface area contributed by atoms with Gasteiger partial charge in [0, 0.05) is 21.7 Å². The van der Waals surface area contributed by atoms with Crippen LogP contribution in [0.15, 0.2) is 29.1 Å². The number of thiazole rings is 1. The number of hydrogen-bond acceptors (Lipinski definition) is 4. The van der Waals surface area contributed by atoms with Gasteiger partial charge in [0.15, 0.2) is 0 Å². The maximum absolute atomic E-state index is 4.25. The molecule has 3 nitrogen and oxygen atoms in total. The average molecular weight is 298 g/mol. The number of nitrogens with one attached hydrogen (secondary N) is 1. The average Bonchev–Trinajstić information content (AvgIpc) is 2.65. The van der Waals surface area contributed by atoms with Crippen molar-refractivity contribution >= 4 is 33.0 Å². The van der Waals surface area contributed by atoms with Crippen molar-refractivity contribution in [2.75, 3.05) is 5.32 Å². The first-order valence-electron chi connectivity index (χ1n) is 4.94. The van der Waals surface area contributed by atoms with Crippen LogP contribution in [0.1, 0.15) is 22.9 Å². The van der Waals surface area contributed by atoms with E-state index < -0.39 is 0 Å². The van der Waals surface area contributed by atoms with Crippen LogP contribution in [-0.2, 0) is 0 Å². The van der Waals surface area contributed by atoms with E-state index in [1.54, 1.807) is 17.5 Å². The summed E-state index contributed by atoms with van der Waals surface area (Å²) >= 11 is 5.11. The third-order valence-corrected chi connectivity index (χ3v) is 3.68. The molecule has 1 unspecified atom stereocenters. The minimum Gasteiger partial charge on any atom is -0.376 e. The van der Waals surface area contributed by atoms with Gasteiger partial charge in [-0.1, -0.05) is 0 Å². The Bertz CT molecular complexity index is 484. The van der Waals surface area contributed by atoms with Gasteiger partial charge in [0.25, 0.3) is 0 Å². The molecule has 0 aliphatic heterocycles. The second kappa shape index (κ2) is 4.93.